The number of amides is 1. The lowest BCUT2D eigenvalue weighted by molar-refractivity contribution is -0.116. The van der Waals surface area contributed by atoms with Gasteiger partial charge in [0.2, 0.25) is 11.9 Å². The summed E-state index contributed by atoms with van der Waals surface area (Å²) in [6.45, 7) is 0.924. The second-order valence-corrected chi connectivity index (χ2v) is 7.21. The Hall–Kier alpha value is -3.95. The molecule has 1 fully saturated rings. The minimum absolute atomic E-state index is 0.0809. The maximum atomic E-state index is 13.0. The molecule has 0 aliphatic carbocycles. The molecule has 0 unspecified atom stereocenters. The van der Waals surface area contributed by atoms with Gasteiger partial charge in [0.15, 0.2) is 5.65 Å². The number of aromatic nitrogens is 5. The third kappa shape index (κ3) is 3.54. The maximum Gasteiger partial charge on any atom is 0.246 e. The minimum atomic E-state index is -0.750. The third-order valence-electron chi connectivity index (χ3n) is 4.98. The Morgan fingerprint density at radius 3 is 2.77 bits per heavy atom. The van der Waals surface area contributed by atoms with Crippen molar-refractivity contribution in [2.75, 3.05) is 29.0 Å². The van der Waals surface area contributed by atoms with Gasteiger partial charge in [-0.1, -0.05) is 0 Å². The van der Waals surface area contributed by atoms with E-state index in [1.165, 1.54) is 0 Å². The highest BCUT2D eigenvalue weighted by atomic mass is 19.1. The van der Waals surface area contributed by atoms with Crippen LogP contribution in [0, 0.1) is 0 Å². The Bertz CT molecular complexity index is 1210. The summed E-state index contributed by atoms with van der Waals surface area (Å²) in [5.74, 6) is 0.0230. The summed E-state index contributed by atoms with van der Waals surface area (Å²) in [4.78, 5) is 18.5. The van der Waals surface area contributed by atoms with Gasteiger partial charge in [-0.15, -0.1) is 5.10 Å². The van der Waals surface area contributed by atoms with Gasteiger partial charge in [0.1, 0.15) is 12.7 Å². The third-order valence-corrected chi connectivity index (χ3v) is 4.98. The van der Waals surface area contributed by atoms with E-state index in [2.05, 4.69) is 20.5 Å². The SMILES string of the molecule is Nc1nc2cc(-c3cnn(CC(=O)Nc4ccc(N5CC(F)C5)cc4)c3)ccn2n1. The molecule has 1 aliphatic rings. The zero-order valence-electron chi connectivity index (χ0n) is 15.9. The molecule has 10 heteroatoms. The fourth-order valence-corrected chi connectivity index (χ4v) is 3.42. The highest BCUT2D eigenvalue weighted by Crippen LogP contribution is 2.24. The second-order valence-electron chi connectivity index (χ2n) is 7.21. The molecule has 4 heterocycles. The number of carbonyl (C=O) groups excluding carboxylic acids is 1. The molecule has 1 saturated heterocycles. The van der Waals surface area contributed by atoms with Crippen molar-refractivity contribution in [1.29, 1.82) is 0 Å². The van der Waals surface area contributed by atoms with Gasteiger partial charge in [0.05, 0.1) is 19.3 Å². The van der Waals surface area contributed by atoms with Crippen molar-refractivity contribution in [1.82, 2.24) is 24.4 Å². The summed E-state index contributed by atoms with van der Waals surface area (Å²) in [6, 6.07) is 11.1. The Morgan fingerprint density at radius 2 is 2.00 bits per heavy atom. The molecule has 0 atom stereocenters. The summed E-state index contributed by atoms with van der Waals surface area (Å²) in [6.07, 6.45) is 4.51. The molecule has 9 nitrogen and oxygen atoms in total. The van der Waals surface area contributed by atoms with E-state index in [9.17, 15) is 9.18 Å². The molecular weight excluding hydrogens is 387 g/mol. The van der Waals surface area contributed by atoms with Crippen molar-refractivity contribution in [2.24, 2.45) is 0 Å². The Kier molecular flexibility index (Phi) is 4.31. The van der Waals surface area contributed by atoms with Crippen molar-refractivity contribution < 1.29 is 9.18 Å². The monoisotopic (exact) mass is 406 g/mol. The standard InChI is InChI=1S/C20H19FN8O/c21-15-10-27(11-15)17-3-1-16(2-4-17)24-19(30)12-28-9-14(8-23-28)13-5-6-29-18(7-13)25-20(22)26-29/h1-9,15H,10-12H2,(H2,22,26)(H,24,30). The number of benzene rings is 1. The number of hydrogen-bond acceptors (Lipinski definition) is 6. The largest absolute Gasteiger partial charge is 0.366 e. The van der Waals surface area contributed by atoms with Crippen molar-refractivity contribution in [3.8, 4) is 11.1 Å². The van der Waals surface area contributed by atoms with Crippen LogP contribution in [0.3, 0.4) is 0 Å². The number of carbonyl (C=O) groups is 1. The zero-order valence-corrected chi connectivity index (χ0v) is 15.9. The molecule has 1 amide bonds. The summed E-state index contributed by atoms with van der Waals surface area (Å²) in [7, 11) is 0. The van der Waals surface area contributed by atoms with E-state index >= 15 is 0 Å². The molecule has 30 heavy (non-hydrogen) atoms. The lowest BCUT2D eigenvalue weighted by atomic mass is 10.1. The molecule has 0 bridgehead atoms. The average Bonchev–Trinajstić information content (AvgIpc) is 3.31. The number of rotatable bonds is 5. The maximum absolute atomic E-state index is 13.0. The normalized spacial score (nSPS) is 14.1. The fourth-order valence-electron chi connectivity index (χ4n) is 3.42. The predicted octanol–water partition coefficient (Wildman–Crippen LogP) is 1.97. The summed E-state index contributed by atoms with van der Waals surface area (Å²) < 4.78 is 16.1. The molecule has 0 spiro atoms. The van der Waals surface area contributed by atoms with Crippen LogP contribution >= 0.6 is 0 Å². The van der Waals surface area contributed by atoms with Crippen LogP contribution in [0.2, 0.25) is 0 Å². The first-order valence-corrected chi connectivity index (χ1v) is 9.47. The summed E-state index contributed by atoms with van der Waals surface area (Å²) in [5, 5.41) is 11.2. The number of pyridine rings is 1. The smallest absolute Gasteiger partial charge is 0.246 e. The Morgan fingerprint density at radius 1 is 1.20 bits per heavy atom. The van der Waals surface area contributed by atoms with Crippen molar-refractivity contribution in [3.05, 3.63) is 55.0 Å². The van der Waals surface area contributed by atoms with Gasteiger partial charge in [-0.05, 0) is 42.0 Å². The van der Waals surface area contributed by atoms with E-state index in [-0.39, 0.29) is 18.4 Å². The second kappa shape index (κ2) is 7.14. The van der Waals surface area contributed by atoms with Gasteiger partial charge < -0.3 is 16.0 Å². The lowest BCUT2D eigenvalue weighted by Crippen LogP contribution is -2.48. The number of nitrogens with zero attached hydrogens (tertiary/aromatic N) is 6. The fraction of sp³-hybridized carbons (Fsp3) is 0.200. The molecule has 3 aromatic heterocycles. The lowest BCUT2D eigenvalue weighted by Gasteiger charge is -2.36. The molecule has 4 aromatic rings. The number of fused-ring (bicyclic) bond motifs is 1. The van der Waals surface area contributed by atoms with Gasteiger partial charge in [-0.25, -0.2) is 8.91 Å². The van der Waals surface area contributed by atoms with Crippen LogP contribution in [-0.4, -0.2) is 49.5 Å². The van der Waals surface area contributed by atoms with Crippen LogP contribution < -0.4 is 16.0 Å². The van der Waals surface area contributed by atoms with Crippen LogP contribution in [0.1, 0.15) is 0 Å². The van der Waals surface area contributed by atoms with Gasteiger partial charge in [0, 0.05) is 29.3 Å². The van der Waals surface area contributed by atoms with E-state index < -0.39 is 6.17 Å². The Labute approximate surface area is 170 Å². The van der Waals surface area contributed by atoms with E-state index in [1.54, 1.807) is 27.8 Å². The van der Waals surface area contributed by atoms with E-state index in [0.717, 1.165) is 16.8 Å². The van der Waals surface area contributed by atoms with Crippen molar-refractivity contribution in [3.63, 3.8) is 0 Å². The first kappa shape index (κ1) is 18.1. The van der Waals surface area contributed by atoms with Crippen molar-refractivity contribution in [2.45, 2.75) is 12.7 Å². The van der Waals surface area contributed by atoms with E-state index in [0.29, 0.717) is 24.4 Å². The van der Waals surface area contributed by atoms with Crippen LogP contribution in [0.15, 0.2) is 55.0 Å². The quantitative estimate of drug-likeness (QED) is 0.525. The number of halogens is 1. The topological polar surface area (TPSA) is 106 Å². The number of anilines is 3. The number of nitrogens with two attached hydrogens (primary N) is 1. The molecule has 0 saturated carbocycles. The molecule has 1 aromatic carbocycles. The highest BCUT2D eigenvalue weighted by molar-refractivity contribution is 5.90. The van der Waals surface area contributed by atoms with Crippen LogP contribution in [0.5, 0.6) is 0 Å². The first-order chi connectivity index (χ1) is 14.5. The van der Waals surface area contributed by atoms with Crippen LogP contribution in [0.4, 0.5) is 21.7 Å². The number of hydrogen-bond donors (Lipinski definition) is 2. The molecule has 5 rings (SSSR count). The van der Waals surface area contributed by atoms with Gasteiger partial charge >= 0.3 is 0 Å². The minimum Gasteiger partial charge on any atom is -0.366 e. The number of nitrogens with one attached hydrogen (secondary N) is 1. The predicted molar refractivity (Wildman–Crippen MR) is 111 cm³/mol. The first-order valence-electron chi connectivity index (χ1n) is 9.47. The summed E-state index contributed by atoms with van der Waals surface area (Å²) >= 11 is 0. The van der Waals surface area contributed by atoms with Gasteiger partial charge in [-0.3, -0.25) is 9.48 Å². The highest BCUT2D eigenvalue weighted by Gasteiger charge is 2.26. The van der Waals surface area contributed by atoms with E-state index in [4.69, 9.17) is 5.73 Å². The molecule has 1 aliphatic heterocycles. The average molecular weight is 406 g/mol. The molecule has 0 radical (unpaired) electrons. The Balaban J connectivity index is 1.22. The van der Waals surface area contributed by atoms with Crippen molar-refractivity contribution >= 4 is 28.9 Å². The van der Waals surface area contributed by atoms with Crippen LogP contribution in [-0.2, 0) is 11.3 Å². The van der Waals surface area contributed by atoms with E-state index in [1.807, 2.05) is 41.3 Å². The molecule has 152 valence electrons. The number of alkyl halides is 1. The summed E-state index contributed by atoms with van der Waals surface area (Å²) in [5.41, 5.74) is 9.65. The van der Waals surface area contributed by atoms with Gasteiger partial charge in [0.25, 0.3) is 0 Å². The number of nitrogen functional groups attached to an aromatic ring is 1. The van der Waals surface area contributed by atoms with Gasteiger partial charge in [-0.2, -0.15) is 10.1 Å². The zero-order chi connectivity index (χ0) is 20.7. The van der Waals surface area contributed by atoms with Crippen LogP contribution in [0.25, 0.3) is 16.8 Å². The molecule has 3 N–H and O–H groups in total. The molecular formula is C20H19FN8O.